The summed E-state index contributed by atoms with van der Waals surface area (Å²) in [6.07, 6.45) is -4.98. The Labute approximate surface area is 227 Å². The first-order valence-electron chi connectivity index (χ1n) is 11.8. The smallest absolute Gasteiger partial charge is 0.429 e. The second kappa shape index (κ2) is 11.5. The van der Waals surface area contributed by atoms with Crippen LogP contribution >= 0.6 is 0 Å². The molecule has 0 aliphatic rings. The van der Waals surface area contributed by atoms with Crippen LogP contribution in [0.15, 0.2) is 60.9 Å². The van der Waals surface area contributed by atoms with Crippen molar-refractivity contribution >= 4 is 0 Å². The van der Waals surface area contributed by atoms with Crippen LogP contribution in [-0.2, 0) is 18.7 Å². The fourth-order valence-corrected chi connectivity index (χ4v) is 3.79. The highest BCUT2D eigenvalue weighted by Crippen LogP contribution is 2.39. The van der Waals surface area contributed by atoms with E-state index >= 15 is 0 Å². The minimum atomic E-state index is -5.42. The standard InChI is InChI=1S/C29H17F9N2O/c1-2-3-17-14-39-26(40-15-17)9-5-16-4-7-20(22(30)10-16)18-6-8-21(23(31)11-18)29(37,38)41-19-12-24(32)27(25(33)13-19)28(34,35)36/h4,6-8,10-15H,2-3H2,1H3. The number of nitrogens with zero attached hydrogens (tertiary/aromatic N) is 2. The molecular weight excluding hydrogens is 563 g/mol. The van der Waals surface area contributed by atoms with E-state index in [9.17, 15) is 39.5 Å². The summed E-state index contributed by atoms with van der Waals surface area (Å²) in [4.78, 5) is 8.22. The van der Waals surface area contributed by atoms with Crippen molar-refractivity contribution < 1.29 is 44.3 Å². The Bertz CT molecular complexity index is 1620. The molecule has 0 aliphatic heterocycles. The zero-order valence-electron chi connectivity index (χ0n) is 20.9. The van der Waals surface area contributed by atoms with Crippen LogP contribution < -0.4 is 4.74 Å². The van der Waals surface area contributed by atoms with Crippen LogP contribution in [0.5, 0.6) is 5.75 Å². The van der Waals surface area contributed by atoms with Crippen molar-refractivity contribution in [3.05, 3.63) is 112 Å². The van der Waals surface area contributed by atoms with Gasteiger partial charge in [-0.2, -0.15) is 22.0 Å². The molecule has 0 saturated heterocycles. The van der Waals surface area contributed by atoms with Gasteiger partial charge in [-0.1, -0.05) is 31.4 Å². The minimum Gasteiger partial charge on any atom is -0.429 e. The minimum absolute atomic E-state index is 0.0977. The molecule has 4 rings (SSSR count). The van der Waals surface area contributed by atoms with E-state index in [0.717, 1.165) is 30.5 Å². The van der Waals surface area contributed by atoms with Crippen molar-refractivity contribution in [1.82, 2.24) is 9.97 Å². The number of rotatable bonds is 6. The van der Waals surface area contributed by atoms with Crippen molar-refractivity contribution in [2.24, 2.45) is 0 Å². The number of alkyl halides is 5. The predicted molar refractivity (Wildman–Crippen MR) is 130 cm³/mol. The summed E-state index contributed by atoms with van der Waals surface area (Å²) in [6.45, 7) is 2.01. The Kier molecular flexibility index (Phi) is 8.28. The van der Waals surface area contributed by atoms with Crippen molar-refractivity contribution in [2.45, 2.75) is 32.1 Å². The molecule has 212 valence electrons. The third kappa shape index (κ3) is 6.80. The number of halogens is 9. The molecule has 0 spiro atoms. The lowest BCUT2D eigenvalue weighted by Gasteiger charge is -2.20. The Balaban J connectivity index is 1.54. The maximum Gasteiger partial charge on any atom is 0.429 e. The molecule has 3 aromatic carbocycles. The van der Waals surface area contributed by atoms with E-state index in [-0.39, 0.29) is 34.6 Å². The molecule has 4 aromatic rings. The molecule has 3 nitrogen and oxygen atoms in total. The average Bonchev–Trinajstić information content (AvgIpc) is 2.87. The normalized spacial score (nSPS) is 11.7. The van der Waals surface area contributed by atoms with E-state index in [0.29, 0.717) is 12.1 Å². The molecule has 0 aliphatic carbocycles. The fourth-order valence-electron chi connectivity index (χ4n) is 3.79. The third-order valence-corrected chi connectivity index (χ3v) is 5.67. The first-order valence-corrected chi connectivity index (χ1v) is 11.8. The Morgan fingerprint density at radius 3 is 1.98 bits per heavy atom. The summed E-state index contributed by atoms with van der Waals surface area (Å²) in [5.74, 6) is -2.52. The van der Waals surface area contributed by atoms with Gasteiger partial charge < -0.3 is 4.74 Å². The van der Waals surface area contributed by atoms with Gasteiger partial charge in [0.2, 0.25) is 5.82 Å². The van der Waals surface area contributed by atoms with E-state index in [1.807, 2.05) is 6.92 Å². The summed E-state index contributed by atoms with van der Waals surface area (Å²) in [7, 11) is 0. The maximum atomic E-state index is 14.8. The molecule has 0 atom stereocenters. The van der Waals surface area contributed by atoms with E-state index in [2.05, 4.69) is 26.5 Å². The van der Waals surface area contributed by atoms with Gasteiger partial charge in [-0.05, 0) is 47.7 Å². The Hall–Kier alpha value is -4.53. The molecule has 1 aromatic heterocycles. The lowest BCUT2D eigenvalue weighted by Crippen LogP contribution is -2.24. The number of ether oxygens (including phenoxy) is 1. The van der Waals surface area contributed by atoms with Crippen LogP contribution in [-0.4, -0.2) is 9.97 Å². The van der Waals surface area contributed by atoms with Crippen LogP contribution in [0.4, 0.5) is 39.5 Å². The first kappa shape index (κ1) is 29.5. The molecule has 0 unspecified atom stereocenters. The summed E-state index contributed by atoms with van der Waals surface area (Å²) >= 11 is 0. The predicted octanol–water partition coefficient (Wildman–Crippen LogP) is 8.20. The van der Waals surface area contributed by atoms with Crippen LogP contribution in [0.3, 0.4) is 0 Å². The topological polar surface area (TPSA) is 35.0 Å². The van der Waals surface area contributed by atoms with Gasteiger partial charge in [0, 0.05) is 35.7 Å². The average molecular weight is 580 g/mol. The van der Waals surface area contributed by atoms with Crippen LogP contribution in [0.2, 0.25) is 0 Å². The van der Waals surface area contributed by atoms with Gasteiger partial charge in [0.05, 0.1) is 5.56 Å². The van der Waals surface area contributed by atoms with E-state index in [1.165, 1.54) is 12.1 Å². The van der Waals surface area contributed by atoms with Crippen molar-refractivity contribution in [1.29, 1.82) is 0 Å². The fraction of sp³-hybridized carbons (Fsp3) is 0.172. The molecule has 0 amide bonds. The molecule has 0 saturated carbocycles. The monoisotopic (exact) mass is 580 g/mol. The van der Waals surface area contributed by atoms with Gasteiger partial charge in [0.1, 0.15) is 34.6 Å². The molecule has 41 heavy (non-hydrogen) atoms. The Morgan fingerprint density at radius 1 is 0.756 bits per heavy atom. The first-order chi connectivity index (χ1) is 19.3. The molecular formula is C29H17F9N2O. The second-order valence-electron chi connectivity index (χ2n) is 8.68. The van der Waals surface area contributed by atoms with Crippen LogP contribution in [0.1, 0.15) is 41.4 Å². The Morgan fingerprint density at radius 2 is 1.41 bits per heavy atom. The molecule has 0 fully saturated rings. The van der Waals surface area contributed by atoms with Crippen molar-refractivity contribution in [3.63, 3.8) is 0 Å². The quantitative estimate of drug-likeness (QED) is 0.170. The highest BCUT2D eigenvalue weighted by atomic mass is 19.4. The zero-order chi connectivity index (χ0) is 29.9. The maximum absolute atomic E-state index is 14.8. The molecule has 0 radical (unpaired) electrons. The SMILES string of the molecule is CCCc1cnc(C#Cc2ccc(-c3ccc(C(F)(F)Oc4cc(F)c(C(F)(F)F)c(F)c4)c(F)c3)c(F)c2)nc1. The van der Waals surface area contributed by atoms with Gasteiger partial charge in [-0.25, -0.2) is 27.5 Å². The highest BCUT2D eigenvalue weighted by molar-refractivity contribution is 5.66. The summed E-state index contributed by atoms with van der Waals surface area (Å²) < 4.78 is 128. The summed E-state index contributed by atoms with van der Waals surface area (Å²) in [6, 6.07) is 5.59. The number of benzene rings is 3. The second-order valence-corrected chi connectivity index (χ2v) is 8.68. The summed E-state index contributed by atoms with van der Waals surface area (Å²) in [5, 5.41) is 0. The van der Waals surface area contributed by atoms with Crippen LogP contribution in [0, 0.1) is 35.1 Å². The van der Waals surface area contributed by atoms with E-state index in [4.69, 9.17) is 0 Å². The summed E-state index contributed by atoms with van der Waals surface area (Å²) in [5.41, 5.74) is -2.82. The molecule has 0 bridgehead atoms. The van der Waals surface area contributed by atoms with E-state index in [1.54, 1.807) is 12.4 Å². The van der Waals surface area contributed by atoms with E-state index < -0.39 is 52.4 Å². The number of hydrogen-bond donors (Lipinski definition) is 0. The van der Waals surface area contributed by atoms with Crippen LogP contribution in [0.25, 0.3) is 11.1 Å². The molecule has 0 N–H and O–H groups in total. The largest absolute Gasteiger partial charge is 0.429 e. The number of aromatic nitrogens is 2. The lowest BCUT2D eigenvalue weighted by molar-refractivity contribution is -0.187. The van der Waals surface area contributed by atoms with Gasteiger partial charge in [0.25, 0.3) is 0 Å². The number of aryl methyl sites for hydroxylation is 1. The zero-order valence-corrected chi connectivity index (χ0v) is 20.9. The highest BCUT2D eigenvalue weighted by Gasteiger charge is 2.41. The van der Waals surface area contributed by atoms with Crippen molar-refractivity contribution in [2.75, 3.05) is 0 Å². The third-order valence-electron chi connectivity index (χ3n) is 5.67. The van der Waals surface area contributed by atoms with Crippen molar-refractivity contribution in [3.8, 4) is 28.7 Å². The van der Waals surface area contributed by atoms with Gasteiger partial charge in [0.15, 0.2) is 0 Å². The molecule has 12 heteroatoms. The lowest BCUT2D eigenvalue weighted by atomic mass is 10.0. The van der Waals surface area contributed by atoms with Gasteiger partial charge in [-0.15, -0.1) is 0 Å². The van der Waals surface area contributed by atoms with Gasteiger partial charge >= 0.3 is 12.3 Å². The number of hydrogen-bond acceptors (Lipinski definition) is 3. The van der Waals surface area contributed by atoms with Gasteiger partial charge in [-0.3, -0.25) is 0 Å². The molecule has 1 heterocycles.